The van der Waals surface area contributed by atoms with Crippen molar-refractivity contribution in [3.05, 3.63) is 64.7 Å². The van der Waals surface area contributed by atoms with Crippen molar-refractivity contribution in [1.82, 2.24) is 10.3 Å². The normalized spacial score (nSPS) is 10.8. The molecule has 0 aliphatic heterocycles. The number of aromatic nitrogens is 1. The number of thiazole rings is 1. The maximum atomic E-state index is 12.0. The van der Waals surface area contributed by atoms with E-state index in [-0.39, 0.29) is 5.91 Å². The van der Waals surface area contributed by atoms with Gasteiger partial charge in [-0.3, -0.25) is 4.79 Å². The predicted molar refractivity (Wildman–Crippen MR) is 91.5 cm³/mol. The first-order valence-electron chi connectivity index (χ1n) is 7.42. The molecule has 1 amide bonds. The standard InChI is InChI=1S/C18H18N2OS/c1-13-8-10-14(11-9-13)18(21)19-12-4-7-17-20-15-5-2-3-6-16(15)22-17/h2-3,5-6,8-11H,4,7,12H2,1H3,(H,19,21). The Labute approximate surface area is 134 Å². The number of fused-ring (bicyclic) bond motifs is 1. The molecule has 0 spiro atoms. The van der Waals surface area contributed by atoms with Gasteiger partial charge >= 0.3 is 0 Å². The molecule has 0 radical (unpaired) electrons. The minimum atomic E-state index is -0.00991. The van der Waals surface area contributed by atoms with Crippen LogP contribution in [0, 0.1) is 6.92 Å². The Morgan fingerprint density at radius 3 is 2.68 bits per heavy atom. The zero-order valence-corrected chi connectivity index (χ0v) is 13.3. The van der Waals surface area contributed by atoms with Gasteiger partial charge in [0.2, 0.25) is 0 Å². The Morgan fingerprint density at radius 1 is 1.14 bits per heavy atom. The summed E-state index contributed by atoms with van der Waals surface area (Å²) in [5, 5.41) is 4.09. The van der Waals surface area contributed by atoms with Crippen molar-refractivity contribution in [1.29, 1.82) is 0 Å². The highest BCUT2D eigenvalue weighted by Gasteiger charge is 2.05. The molecule has 0 aliphatic carbocycles. The number of rotatable bonds is 5. The lowest BCUT2D eigenvalue weighted by Crippen LogP contribution is -2.24. The Kier molecular flexibility index (Phi) is 4.49. The average molecular weight is 310 g/mol. The minimum Gasteiger partial charge on any atom is -0.352 e. The van der Waals surface area contributed by atoms with Gasteiger partial charge < -0.3 is 5.32 Å². The van der Waals surface area contributed by atoms with Crippen LogP contribution in [0.1, 0.15) is 27.3 Å². The fourth-order valence-corrected chi connectivity index (χ4v) is 3.28. The van der Waals surface area contributed by atoms with Gasteiger partial charge in [-0.2, -0.15) is 0 Å². The molecule has 0 fully saturated rings. The molecule has 1 N–H and O–H groups in total. The summed E-state index contributed by atoms with van der Waals surface area (Å²) in [6.07, 6.45) is 1.80. The predicted octanol–water partition coefficient (Wildman–Crippen LogP) is 3.97. The number of hydrogen-bond donors (Lipinski definition) is 1. The van der Waals surface area contributed by atoms with Crippen molar-refractivity contribution >= 4 is 27.5 Å². The number of benzene rings is 2. The molecule has 4 heteroatoms. The molecule has 2 aromatic carbocycles. The van der Waals surface area contributed by atoms with Crippen molar-refractivity contribution in [2.24, 2.45) is 0 Å². The molecular weight excluding hydrogens is 292 g/mol. The summed E-state index contributed by atoms with van der Waals surface area (Å²) < 4.78 is 1.22. The van der Waals surface area contributed by atoms with Gasteiger partial charge in [-0.05, 0) is 37.6 Å². The summed E-state index contributed by atoms with van der Waals surface area (Å²) in [5.74, 6) is -0.00991. The molecule has 0 atom stereocenters. The summed E-state index contributed by atoms with van der Waals surface area (Å²) in [6.45, 7) is 2.68. The Hall–Kier alpha value is -2.20. The summed E-state index contributed by atoms with van der Waals surface area (Å²) in [5.41, 5.74) is 2.93. The van der Waals surface area contributed by atoms with Crippen LogP contribution in [0.25, 0.3) is 10.2 Å². The van der Waals surface area contributed by atoms with Crippen LogP contribution in [0.5, 0.6) is 0 Å². The van der Waals surface area contributed by atoms with E-state index in [1.54, 1.807) is 11.3 Å². The van der Waals surface area contributed by atoms with Gasteiger partial charge in [0.1, 0.15) is 0 Å². The molecule has 0 saturated carbocycles. The molecular formula is C18H18N2OS. The molecule has 0 saturated heterocycles. The van der Waals surface area contributed by atoms with E-state index >= 15 is 0 Å². The van der Waals surface area contributed by atoms with Crippen molar-refractivity contribution < 1.29 is 4.79 Å². The quantitative estimate of drug-likeness (QED) is 0.725. The molecule has 3 nitrogen and oxygen atoms in total. The van der Waals surface area contributed by atoms with Gasteiger partial charge in [-0.25, -0.2) is 4.98 Å². The lowest BCUT2D eigenvalue weighted by Gasteiger charge is -2.04. The largest absolute Gasteiger partial charge is 0.352 e. The molecule has 22 heavy (non-hydrogen) atoms. The Morgan fingerprint density at radius 2 is 1.91 bits per heavy atom. The van der Waals surface area contributed by atoms with Crippen LogP contribution in [0.2, 0.25) is 0 Å². The van der Waals surface area contributed by atoms with E-state index in [4.69, 9.17) is 0 Å². The first-order chi connectivity index (χ1) is 10.7. The van der Waals surface area contributed by atoms with Gasteiger partial charge in [0.25, 0.3) is 5.91 Å². The van der Waals surface area contributed by atoms with Crippen molar-refractivity contribution in [2.75, 3.05) is 6.54 Å². The van der Waals surface area contributed by atoms with E-state index in [1.807, 2.05) is 49.4 Å². The molecule has 0 bridgehead atoms. The monoisotopic (exact) mass is 310 g/mol. The van der Waals surface area contributed by atoms with Crippen LogP contribution >= 0.6 is 11.3 Å². The number of carbonyl (C=O) groups is 1. The van der Waals surface area contributed by atoms with E-state index < -0.39 is 0 Å². The maximum Gasteiger partial charge on any atom is 0.251 e. The third-order valence-corrected chi connectivity index (χ3v) is 4.60. The fraction of sp³-hybridized carbons (Fsp3) is 0.222. The lowest BCUT2D eigenvalue weighted by atomic mass is 10.1. The van der Waals surface area contributed by atoms with Crippen LogP contribution in [0.15, 0.2) is 48.5 Å². The average Bonchev–Trinajstić information content (AvgIpc) is 2.95. The summed E-state index contributed by atoms with van der Waals surface area (Å²) in [7, 11) is 0. The molecule has 0 aliphatic rings. The van der Waals surface area contributed by atoms with Gasteiger partial charge in [-0.1, -0.05) is 29.8 Å². The number of para-hydroxylation sites is 1. The molecule has 0 unspecified atom stereocenters. The summed E-state index contributed by atoms with van der Waals surface area (Å²) in [4.78, 5) is 16.6. The number of nitrogens with one attached hydrogen (secondary N) is 1. The van der Waals surface area contributed by atoms with Gasteiger partial charge in [-0.15, -0.1) is 11.3 Å². The van der Waals surface area contributed by atoms with Crippen LogP contribution in [0.4, 0.5) is 0 Å². The van der Waals surface area contributed by atoms with Gasteiger partial charge in [0, 0.05) is 18.5 Å². The number of amides is 1. The maximum absolute atomic E-state index is 12.0. The lowest BCUT2D eigenvalue weighted by molar-refractivity contribution is 0.0953. The topological polar surface area (TPSA) is 42.0 Å². The second kappa shape index (κ2) is 6.71. The van der Waals surface area contributed by atoms with Crippen molar-refractivity contribution in [3.8, 4) is 0 Å². The van der Waals surface area contributed by atoms with E-state index in [9.17, 15) is 4.79 Å². The fourth-order valence-electron chi connectivity index (χ4n) is 2.28. The highest BCUT2D eigenvalue weighted by molar-refractivity contribution is 7.18. The highest BCUT2D eigenvalue weighted by atomic mass is 32.1. The number of aryl methyl sites for hydroxylation is 2. The van der Waals surface area contributed by atoms with Crippen molar-refractivity contribution in [3.63, 3.8) is 0 Å². The molecule has 1 heterocycles. The summed E-state index contributed by atoms with van der Waals surface area (Å²) in [6, 6.07) is 15.8. The second-order valence-corrected chi connectivity index (χ2v) is 6.42. The number of hydrogen-bond acceptors (Lipinski definition) is 3. The van der Waals surface area contributed by atoms with Crippen LogP contribution in [0.3, 0.4) is 0 Å². The number of carbonyl (C=O) groups excluding carboxylic acids is 1. The smallest absolute Gasteiger partial charge is 0.251 e. The van der Waals surface area contributed by atoms with Gasteiger partial charge in [0.15, 0.2) is 0 Å². The molecule has 1 aromatic heterocycles. The van der Waals surface area contributed by atoms with E-state index in [1.165, 1.54) is 4.70 Å². The summed E-state index contributed by atoms with van der Waals surface area (Å²) >= 11 is 1.73. The van der Waals surface area contributed by atoms with Crippen LogP contribution < -0.4 is 5.32 Å². The highest BCUT2D eigenvalue weighted by Crippen LogP contribution is 2.22. The van der Waals surface area contributed by atoms with Crippen molar-refractivity contribution in [2.45, 2.75) is 19.8 Å². The molecule has 112 valence electrons. The second-order valence-electron chi connectivity index (χ2n) is 5.30. The molecule has 3 aromatic rings. The van der Waals surface area contributed by atoms with E-state index in [2.05, 4.69) is 16.4 Å². The van der Waals surface area contributed by atoms with Gasteiger partial charge in [0.05, 0.1) is 15.2 Å². The third-order valence-electron chi connectivity index (χ3n) is 3.50. The Balaban J connectivity index is 1.49. The third kappa shape index (κ3) is 3.52. The first kappa shape index (κ1) is 14.7. The van der Waals surface area contributed by atoms with Crippen LogP contribution in [-0.2, 0) is 6.42 Å². The first-order valence-corrected chi connectivity index (χ1v) is 8.23. The molecule has 3 rings (SSSR count). The van der Waals surface area contributed by atoms with E-state index in [0.717, 1.165) is 28.9 Å². The number of nitrogens with zero attached hydrogens (tertiary/aromatic N) is 1. The van der Waals surface area contributed by atoms with E-state index in [0.29, 0.717) is 12.1 Å². The Bertz CT molecular complexity index is 744. The SMILES string of the molecule is Cc1ccc(C(=O)NCCCc2nc3ccccc3s2)cc1. The minimum absolute atomic E-state index is 0.00991. The van der Waals surface area contributed by atoms with Crippen LogP contribution in [-0.4, -0.2) is 17.4 Å². The zero-order valence-electron chi connectivity index (χ0n) is 12.5. The zero-order chi connectivity index (χ0) is 15.4.